The van der Waals surface area contributed by atoms with Crippen LogP contribution in [0.5, 0.6) is 0 Å². The van der Waals surface area contributed by atoms with E-state index in [1.807, 2.05) is 18.5 Å². The summed E-state index contributed by atoms with van der Waals surface area (Å²) in [6, 6.07) is 2.01. The molecule has 0 amide bonds. The minimum absolute atomic E-state index is 0.618. The quantitative estimate of drug-likeness (QED) is 0.931. The number of thiophene rings is 1. The molecule has 0 bridgehead atoms. The molecule has 0 radical (unpaired) electrons. The number of hydrogen-bond donors (Lipinski definition) is 1. The molecule has 0 aromatic carbocycles. The Morgan fingerprint density at radius 2 is 2.05 bits per heavy atom. The van der Waals surface area contributed by atoms with Crippen LogP contribution in [0.15, 0.2) is 15.9 Å². The van der Waals surface area contributed by atoms with E-state index in [2.05, 4.69) is 41.1 Å². The van der Waals surface area contributed by atoms with Crippen LogP contribution < -0.4 is 10.2 Å². The summed E-state index contributed by atoms with van der Waals surface area (Å²) in [6.07, 6.45) is 2.41. The van der Waals surface area contributed by atoms with Gasteiger partial charge >= 0.3 is 0 Å². The van der Waals surface area contributed by atoms with Crippen molar-refractivity contribution in [1.29, 1.82) is 0 Å². The topological polar surface area (TPSA) is 53.9 Å². The van der Waals surface area contributed by atoms with E-state index < -0.39 is 0 Å². The van der Waals surface area contributed by atoms with Crippen molar-refractivity contribution in [2.75, 3.05) is 30.4 Å². The summed E-state index contributed by atoms with van der Waals surface area (Å²) in [4.78, 5) is 16.8. The van der Waals surface area contributed by atoms with Gasteiger partial charge in [-0.3, -0.25) is 0 Å². The molecule has 3 rings (SSSR count). The molecular formula is C12H14BrN5S. The van der Waals surface area contributed by atoms with Crippen LogP contribution in [0.3, 0.4) is 0 Å². The number of rotatable bonds is 3. The summed E-state index contributed by atoms with van der Waals surface area (Å²) < 4.78 is 1.03. The SMILES string of the molecule is CNc1nc(-c2sccc2Br)nc(N2CCCC2)n1. The molecule has 1 N–H and O–H groups in total. The Hall–Kier alpha value is -1.21. The number of halogens is 1. The summed E-state index contributed by atoms with van der Waals surface area (Å²) in [5, 5.41) is 5.04. The van der Waals surface area contributed by atoms with Crippen molar-refractivity contribution in [3.05, 3.63) is 15.9 Å². The highest BCUT2D eigenvalue weighted by molar-refractivity contribution is 9.10. The van der Waals surface area contributed by atoms with E-state index in [4.69, 9.17) is 0 Å². The average molecular weight is 340 g/mol. The second kappa shape index (κ2) is 5.42. The standard InChI is InChI=1S/C12H14BrN5S/c1-14-11-15-10(9-8(13)4-7-19-9)16-12(17-11)18-5-2-3-6-18/h4,7H,2-3,5-6H2,1H3,(H,14,15,16,17). The van der Waals surface area contributed by atoms with Crippen LogP contribution in [-0.2, 0) is 0 Å². The largest absolute Gasteiger partial charge is 0.357 e. The number of aromatic nitrogens is 3. The van der Waals surface area contributed by atoms with E-state index in [9.17, 15) is 0 Å². The van der Waals surface area contributed by atoms with Crippen LogP contribution in [0, 0.1) is 0 Å². The molecule has 100 valence electrons. The van der Waals surface area contributed by atoms with Crippen LogP contribution in [0.1, 0.15) is 12.8 Å². The normalized spacial score (nSPS) is 14.9. The molecular weight excluding hydrogens is 326 g/mol. The van der Waals surface area contributed by atoms with Crippen LogP contribution in [-0.4, -0.2) is 35.1 Å². The van der Waals surface area contributed by atoms with Crippen molar-refractivity contribution in [1.82, 2.24) is 15.0 Å². The minimum Gasteiger partial charge on any atom is -0.357 e. The number of nitrogens with one attached hydrogen (secondary N) is 1. The fourth-order valence-corrected chi connectivity index (χ4v) is 3.57. The molecule has 0 spiro atoms. The lowest BCUT2D eigenvalue weighted by molar-refractivity contribution is 0.885. The van der Waals surface area contributed by atoms with E-state index >= 15 is 0 Å². The fourth-order valence-electron chi connectivity index (χ4n) is 2.09. The highest BCUT2D eigenvalue weighted by Crippen LogP contribution is 2.32. The van der Waals surface area contributed by atoms with E-state index in [1.165, 1.54) is 12.8 Å². The molecule has 0 saturated carbocycles. The lowest BCUT2D eigenvalue weighted by Crippen LogP contribution is -2.21. The molecule has 3 heterocycles. The highest BCUT2D eigenvalue weighted by atomic mass is 79.9. The molecule has 2 aromatic heterocycles. The van der Waals surface area contributed by atoms with Crippen LogP contribution in [0.2, 0.25) is 0 Å². The van der Waals surface area contributed by atoms with Gasteiger partial charge in [-0.2, -0.15) is 15.0 Å². The van der Waals surface area contributed by atoms with Crippen LogP contribution in [0.25, 0.3) is 10.7 Å². The Kier molecular flexibility index (Phi) is 3.65. The van der Waals surface area contributed by atoms with Gasteiger partial charge in [0.1, 0.15) is 0 Å². The summed E-state index contributed by atoms with van der Waals surface area (Å²) in [5.74, 6) is 2.11. The zero-order valence-corrected chi connectivity index (χ0v) is 13.0. The number of nitrogens with zero attached hydrogens (tertiary/aromatic N) is 4. The lowest BCUT2D eigenvalue weighted by atomic mass is 10.4. The third-order valence-corrected chi connectivity index (χ3v) is 4.89. The van der Waals surface area contributed by atoms with E-state index in [0.29, 0.717) is 5.95 Å². The van der Waals surface area contributed by atoms with E-state index in [1.54, 1.807) is 11.3 Å². The monoisotopic (exact) mass is 339 g/mol. The van der Waals surface area contributed by atoms with Gasteiger partial charge < -0.3 is 10.2 Å². The molecule has 1 fully saturated rings. The maximum Gasteiger partial charge on any atom is 0.230 e. The van der Waals surface area contributed by atoms with Crippen molar-refractivity contribution < 1.29 is 0 Å². The van der Waals surface area contributed by atoms with Crippen molar-refractivity contribution in [3.63, 3.8) is 0 Å². The van der Waals surface area contributed by atoms with Gasteiger partial charge in [0, 0.05) is 24.6 Å². The Balaban J connectivity index is 2.04. The molecule has 1 saturated heterocycles. The predicted octanol–water partition coefficient (Wildman–Crippen LogP) is 3.00. The molecule has 0 unspecified atom stereocenters. The second-order valence-electron chi connectivity index (χ2n) is 4.32. The third kappa shape index (κ3) is 2.57. The molecule has 19 heavy (non-hydrogen) atoms. The first-order valence-electron chi connectivity index (χ1n) is 6.20. The Morgan fingerprint density at radius 3 is 2.68 bits per heavy atom. The molecule has 5 nitrogen and oxygen atoms in total. The minimum atomic E-state index is 0.618. The van der Waals surface area contributed by atoms with Gasteiger partial charge in [0.2, 0.25) is 11.9 Å². The van der Waals surface area contributed by atoms with Gasteiger partial charge in [0.25, 0.3) is 0 Å². The molecule has 1 aliphatic rings. The maximum absolute atomic E-state index is 4.61. The summed E-state index contributed by atoms with van der Waals surface area (Å²) in [6.45, 7) is 2.05. The first-order chi connectivity index (χ1) is 9.28. The Morgan fingerprint density at radius 1 is 1.26 bits per heavy atom. The van der Waals surface area contributed by atoms with Crippen molar-refractivity contribution in [3.8, 4) is 10.7 Å². The lowest BCUT2D eigenvalue weighted by Gasteiger charge is -2.16. The second-order valence-corrected chi connectivity index (χ2v) is 6.09. The van der Waals surface area contributed by atoms with Gasteiger partial charge in [-0.15, -0.1) is 11.3 Å². The zero-order chi connectivity index (χ0) is 13.2. The van der Waals surface area contributed by atoms with E-state index in [-0.39, 0.29) is 0 Å². The third-order valence-electron chi connectivity index (χ3n) is 3.06. The Bertz CT molecular complexity index is 579. The molecule has 0 atom stereocenters. The predicted molar refractivity (Wildman–Crippen MR) is 81.8 cm³/mol. The summed E-state index contributed by atoms with van der Waals surface area (Å²) in [7, 11) is 1.83. The van der Waals surface area contributed by atoms with Crippen molar-refractivity contribution >= 4 is 39.2 Å². The fraction of sp³-hybridized carbons (Fsp3) is 0.417. The van der Waals surface area contributed by atoms with Gasteiger partial charge in [0.15, 0.2) is 5.82 Å². The van der Waals surface area contributed by atoms with Crippen LogP contribution in [0.4, 0.5) is 11.9 Å². The van der Waals surface area contributed by atoms with Gasteiger partial charge in [-0.25, -0.2) is 0 Å². The van der Waals surface area contributed by atoms with Gasteiger partial charge in [-0.05, 0) is 40.2 Å². The zero-order valence-electron chi connectivity index (χ0n) is 10.6. The summed E-state index contributed by atoms with van der Waals surface area (Å²) >= 11 is 5.16. The Labute approximate surface area is 124 Å². The molecule has 0 aliphatic carbocycles. The first-order valence-corrected chi connectivity index (χ1v) is 7.87. The molecule has 2 aromatic rings. The van der Waals surface area contributed by atoms with E-state index in [0.717, 1.165) is 34.2 Å². The molecule has 7 heteroatoms. The van der Waals surface area contributed by atoms with Gasteiger partial charge in [-0.1, -0.05) is 0 Å². The first kappa shape index (κ1) is 12.8. The average Bonchev–Trinajstić information content (AvgIpc) is 3.09. The highest BCUT2D eigenvalue weighted by Gasteiger charge is 2.18. The van der Waals surface area contributed by atoms with Gasteiger partial charge in [0.05, 0.1) is 4.88 Å². The van der Waals surface area contributed by atoms with Crippen LogP contribution >= 0.6 is 27.3 Å². The van der Waals surface area contributed by atoms with Crippen molar-refractivity contribution in [2.45, 2.75) is 12.8 Å². The maximum atomic E-state index is 4.61. The molecule has 1 aliphatic heterocycles. The summed E-state index contributed by atoms with van der Waals surface area (Å²) in [5.41, 5.74) is 0. The smallest absolute Gasteiger partial charge is 0.230 e. The number of anilines is 2. The van der Waals surface area contributed by atoms with Crippen molar-refractivity contribution in [2.24, 2.45) is 0 Å². The number of hydrogen-bond acceptors (Lipinski definition) is 6.